The summed E-state index contributed by atoms with van der Waals surface area (Å²) in [4.78, 5) is 13.6. The van der Waals surface area contributed by atoms with Crippen LogP contribution in [0.5, 0.6) is 0 Å². The number of aryl methyl sites for hydroxylation is 1. The van der Waals surface area contributed by atoms with Gasteiger partial charge in [0.05, 0.1) is 4.90 Å². The van der Waals surface area contributed by atoms with Gasteiger partial charge in [0.25, 0.3) is 10.0 Å². The summed E-state index contributed by atoms with van der Waals surface area (Å²) in [5, 5.41) is 4.01. The van der Waals surface area contributed by atoms with Crippen molar-refractivity contribution in [2.75, 3.05) is 9.62 Å². The van der Waals surface area contributed by atoms with E-state index in [0.717, 1.165) is 11.3 Å². The van der Waals surface area contributed by atoms with Gasteiger partial charge < -0.3 is 4.90 Å². The van der Waals surface area contributed by atoms with Crippen LogP contribution in [0.2, 0.25) is 0 Å². The zero-order valence-electron chi connectivity index (χ0n) is 13.1. The Morgan fingerprint density at radius 1 is 1.35 bits per heavy atom. The quantitative estimate of drug-likeness (QED) is 0.922. The molecule has 1 atom stereocenters. The Morgan fingerprint density at radius 3 is 2.70 bits per heavy atom. The average Bonchev–Trinajstić information content (AvgIpc) is 2.99. The van der Waals surface area contributed by atoms with Crippen molar-refractivity contribution in [3.8, 4) is 0 Å². The van der Waals surface area contributed by atoms with Crippen molar-refractivity contribution in [1.82, 2.24) is 9.78 Å². The molecule has 8 heteroatoms. The molecular formula is C15H18N4O3S. The first kappa shape index (κ1) is 15.5. The standard InChI is InChI=1S/C15H18N4O3S/c1-10-8-12-9-13(4-5-14(12)19(10)11(2)20)23(21,22)17-15-6-7-18(3)16-15/h4-7,9-10H,8H2,1-3H3,(H,16,17). The van der Waals surface area contributed by atoms with E-state index in [2.05, 4.69) is 9.82 Å². The van der Waals surface area contributed by atoms with Crippen molar-refractivity contribution in [1.29, 1.82) is 0 Å². The number of hydrogen-bond acceptors (Lipinski definition) is 4. The number of sulfonamides is 1. The molecule has 122 valence electrons. The van der Waals surface area contributed by atoms with Crippen LogP contribution in [0.3, 0.4) is 0 Å². The van der Waals surface area contributed by atoms with Crippen LogP contribution in [0.15, 0.2) is 35.4 Å². The maximum absolute atomic E-state index is 12.5. The highest BCUT2D eigenvalue weighted by molar-refractivity contribution is 7.92. The van der Waals surface area contributed by atoms with Crippen molar-refractivity contribution < 1.29 is 13.2 Å². The molecule has 1 aliphatic heterocycles. The first-order valence-corrected chi connectivity index (χ1v) is 8.71. The molecule has 0 bridgehead atoms. The van der Waals surface area contributed by atoms with Crippen LogP contribution >= 0.6 is 0 Å². The zero-order chi connectivity index (χ0) is 16.8. The summed E-state index contributed by atoms with van der Waals surface area (Å²) < 4.78 is 28.9. The molecule has 2 aromatic rings. The molecule has 1 unspecified atom stereocenters. The van der Waals surface area contributed by atoms with Gasteiger partial charge in [0, 0.05) is 38.0 Å². The van der Waals surface area contributed by atoms with Crippen molar-refractivity contribution in [3.05, 3.63) is 36.0 Å². The second-order valence-electron chi connectivity index (χ2n) is 5.71. The van der Waals surface area contributed by atoms with E-state index in [1.54, 1.807) is 36.3 Å². The Labute approximate surface area is 135 Å². The van der Waals surface area contributed by atoms with Gasteiger partial charge in [-0.25, -0.2) is 8.42 Å². The molecule has 1 amide bonds. The zero-order valence-corrected chi connectivity index (χ0v) is 14.0. The topological polar surface area (TPSA) is 84.3 Å². The number of hydrogen-bond donors (Lipinski definition) is 1. The largest absolute Gasteiger partial charge is 0.309 e. The molecular weight excluding hydrogens is 316 g/mol. The number of benzene rings is 1. The smallest absolute Gasteiger partial charge is 0.263 e. The first-order valence-electron chi connectivity index (χ1n) is 7.23. The third-order valence-corrected chi connectivity index (χ3v) is 5.22. The molecule has 1 N–H and O–H groups in total. The number of carbonyl (C=O) groups excluding carboxylic acids is 1. The predicted octanol–water partition coefficient (Wildman–Crippen LogP) is 1.52. The van der Waals surface area contributed by atoms with E-state index < -0.39 is 10.0 Å². The SMILES string of the molecule is CC(=O)N1c2ccc(S(=O)(=O)Nc3ccn(C)n3)cc2CC1C. The minimum atomic E-state index is -3.71. The van der Waals surface area contributed by atoms with E-state index in [9.17, 15) is 13.2 Å². The number of amides is 1. The molecule has 2 heterocycles. The predicted molar refractivity (Wildman–Crippen MR) is 86.8 cm³/mol. The number of rotatable bonds is 3. The highest BCUT2D eigenvalue weighted by atomic mass is 32.2. The summed E-state index contributed by atoms with van der Waals surface area (Å²) >= 11 is 0. The molecule has 23 heavy (non-hydrogen) atoms. The number of aromatic nitrogens is 2. The molecule has 0 saturated carbocycles. The monoisotopic (exact) mass is 334 g/mol. The van der Waals surface area contributed by atoms with Crippen LogP contribution in [-0.2, 0) is 28.3 Å². The normalized spacial score (nSPS) is 17.2. The maximum atomic E-state index is 12.5. The molecule has 1 aromatic heterocycles. The molecule has 1 aromatic carbocycles. The molecule has 0 radical (unpaired) electrons. The molecule has 0 spiro atoms. The Hall–Kier alpha value is -2.35. The lowest BCUT2D eigenvalue weighted by Crippen LogP contribution is -2.33. The van der Waals surface area contributed by atoms with Gasteiger partial charge >= 0.3 is 0 Å². The number of anilines is 2. The minimum Gasteiger partial charge on any atom is -0.309 e. The average molecular weight is 334 g/mol. The lowest BCUT2D eigenvalue weighted by atomic mass is 10.1. The van der Waals surface area contributed by atoms with Crippen molar-refractivity contribution in [3.63, 3.8) is 0 Å². The van der Waals surface area contributed by atoms with Crippen LogP contribution in [0.25, 0.3) is 0 Å². The van der Waals surface area contributed by atoms with Gasteiger partial charge in [0.2, 0.25) is 5.91 Å². The fraction of sp³-hybridized carbons (Fsp3) is 0.333. The molecule has 3 rings (SSSR count). The van der Waals surface area contributed by atoms with Gasteiger partial charge in [0.1, 0.15) is 0 Å². The van der Waals surface area contributed by atoms with Crippen LogP contribution < -0.4 is 9.62 Å². The fourth-order valence-corrected chi connectivity index (χ4v) is 3.97. The van der Waals surface area contributed by atoms with Crippen molar-refractivity contribution in [2.24, 2.45) is 7.05 Å². The van der Waals surface area contributed by atoms with Gasteiger partial charge in [0.15, 0.2) is 5.82 Å². The Morgan fingerprint density at radius 2 is 2.09 bits per heavy atom. The third kappa shape index (κ3) is 2.81. The van der Waals surface area contributed by atoms with Crippen LogP contribution in [0, 0.1) is 0 Å². The van der Waals surface area contributed by atoms with Crippen LogP contribution in [0.4, 0.5) is 11.5 Å². The lowest BCUT2D eigenvalue weighted by molar-refractivity contribution is -0.116. The Balaban J connectivity index is 1.93. The number of nitrogens with one attached hydrogen (secondary N) is 1. The van der Waals surface area contributed by atoms with E-state index in [-0.39, 0.29) is 22.7 Å². The van der Waals surface area contributed by atoms with E-state index in [4.69, 9.17) is 0 Å². The number of carbonyl (C=O) groups is 1. The van der Waals surface area contributed by atoms with Crippen molar-refractivity contribution >= 4 is 27.4 Å². The number of nitrogens with zero attached hydrogens (tertiary/aromatic N) is 3. The van der Waals surface area contributed by atoms with Gasteiger partial charge in [-0.2, -0.15) is 5.10 Å². The van der Waals surface area contributed by atoms with Gasteiger partial charge in [-0.15, -0.1) is 0 Å². The summed E-state index contributed by atoms with van der Waals surface area (Å²) in [6, 6.07) is 6.44. The molecule has 0 fully saturated rings. The van der Waals surface area contributed by atoms with Crippen LogP contribution in [0.1, 0.15) is 19.4 Å². The molecule has 0 saturated heterocycles. The summed E-state index contributed by atoms with van der Waals surface area (Å²) in [5.74, 6) is 0.227. The number of fused-ring (bicyclic) bond motifs is 1. The summed E-state index contributed by atoms with van der Waals surface area (Å²) in [6.45, 7) is 3.46. The van der Waals surface area contributed by atoms with E-state index in [0.29, 0.717) is 6.42 Å². The molecule has 1 aliphatic rings. The summed E-state index contributed by atoms with van der Waals surface area (Å²) in [5.41, 5.74) is 1.64. The Bertz CT molecular complexity index is 873. The molecule has 0 aliphatic carbocycles. The first-order chi connectivity index (χ1) is 10.8. The van der Waals surface area contributed by atoms with Crippen molar-refractivity contribution in [2.45, 2.75) is 31.2 Å². The summed E-state index contributed by atoms with van der Waals surface area (Å²) in [6.07, 6.45) is 2.30. The minimum absolute atomic E-state index is 0.0317. The van der Waals surface area contributed by atoms with E-state index in [1.165, 1.54) is 17.7 Å². The Kier molecular flexibility index (Phi) is 3.63. The second kappa shape index (κ2) is 5.38. The maximum Gasteiger partial charge on any atom is 0.263 e. The lowest BCUT2D eigenvalue weighted by Gasteiger charge is -2.20. The second-order valence-corrected chi connectivity index (χ2v) is 7.40. The third-order valence-electron chi connectivity index (χ3n) is 3.87. The van der Waals surface area contributed by atoms with Gasteiger partial charge in [-0.1, -0.05) is 0 Å². The molecule has 7 nitrogen and oxygen atoms in total. The van der Waals surface area contributed by atoms with Gasteiger partial charge in [-0.05, 0) is 37.1 Å². The van der Waals surface area contributed by atoms with E-state index in [1.807, 2.05) is 6.92 Å². The van der Waals surface area contributed by atoms with Gasteiger partial charge in [-0.3, -0.25) is 14.2 Å². The van der Waals surface area contributed by atoms with Crippen LogP contribution in [-0.4, -0.2) is 30.1 Å². The van der Waals surface area contributed by atoms with E-state index >= 15 is 0 Å². The highest BCUT2D eigenvalue weighted by Crippen LogP contribution is 2.34. The summed E-state index contributed by atoms with van der Waals surface area (Å²) in [7, 11) is -1.99. The highest BCUT2D eigenvalue weighted by Gasteiger charge is 2.30. The fourth-order valence-electron chi connectivity index (χ4n) is 2.92.